The van der Waals surface area contributed by atoms with Gasteiger partial charge in [0.05, 0.1) is 91.1 Å². The molecule has 0 fully saturated rings. The number of hydrogen-bond donors (Lipinski definition) is 0. The highest BCUT2D eigenvalue weighted by Gasteiger charge is 2.21. The van der Waals surface area contributed by atoms with E-state index in [0.29, 0.717) is 34.7 Å². The zero-order valence-corrected chi connectivity index (χ0v) is 64.7. The summed E-state index contributed by atoms with van der Waals surface area (Å²) in [7, 11) is 0. The Hall–Kier alpha value is -16.6. The van der Waals surface area contributed by atoms with Gasteiger partial charge in [-0.3, -0.25) is 19.9 Å². The first kappa shape index (κ1) is 73.6. The van der Waals surface area contributed by atoms with Crippen LogP contribution in [0, 0.1) is 0 Å². The summed E-state index contributed by atoms with van der Waals surface area (Å²) in [5.41, 5.74) is 28.2. The summed E-state index contributed by atoms with van der Waals surface area (Å²) in [6.45, 7) is 0. The van der Waals surface area contributed by atoms with E-state index in [1.807, 2.05) is 231 Å². The summed E-state index contributed by atoms with van der Waals surface area (Å²) in [5.74, 6) is 2.49. The third-order valence-electron chi connectivity index (χ3n) is 20.5. The quantitative estimate of drug-likeness (QED) is 0.0791. The van der Waals surface area contributed by atoms with E-state index < -0.39 is 0 Å². The molecule has 0 N–H and O–H groups in total. The zero-order chi connectivity index (χ0) is 80.2. The number of benzene rings is 10. The van der Waals surface area contributed by atoms with Crippen molar-refractivity contribution in [2.45, 2.75) is 0 Å². The molecule has 0 saturated heterocycles. The molecule has 0 bridgehead atoms. The predicted molar refractivity (Wildman–Crippen MR) is 480 cm³/mol. The lowest BCUT2D eigenvalue weighted by atomic mass is 9.99. The van der Waals surface area contributed by atoms with Crippen molar-refractivity contribution in [3.05, 3.63) is 425 Å². The molecule has 0 aliphatic heterocycles. The maximum Gasteiger partial charge on any atom is 0.161 e. The minimum absolute atomic E-state index is 0.597. The average molecular weight is 1540 g/mol. The SMILES string of the molecule is c1ccc(-c2cc(-c3ccccc3)nc(-c3ccc(-c4cc(-c5ccccn5)nc(-c5ccc(-c6nc(-c7ccccc7)cc(-c7ccccc7)n6)cn5)c4)cc3)n2)cc1.c1ccc(-c2cc(-c3ccccc3)nc(-c3cccc(-c4cc(-c5ccccn5)nc(-c5cc(-c6nc(-c7ccccc7)cc(-c7ccccc7)n6)ccn5)c4)c3)n2)cc1. The van der Waals surface area contributed by atoms with Crippen LogP contribution in [-0.2, 0) is 0 Å². The predicted octanol–water partition coefficient (Wildman–Crippen LogP) is 24.9. The number of aromatic nitrogens is 14. The van der Waals surface area contributed by atoms with Gasteiger partial charge in [-0.1, -0.05) is 297 Å². The van der Waals surface area contributed by atoms with Gasteiger partial charge in [0.15, 0.2) is 23.3 Å². The summed E-state index contributed by atoms with van der Waals surface area (Å²) < 4.78 is 0. The van der Waals surface area contributed by atoms with E-state index in [-0.39, 0.29) is 0 Å². The first-order valence-electron chi connectivity index (χ1n) is 39.4. The molecular weight excluding hydrogens is 1470 g/mol. The van der Waals surface area contributed by atoms with Gasteiger partial charge in [-0.05, 0) is 125 Å². The molecule has 0 aliphatic rings. The fraction of sp³-hybridized carbons (Fsp3) is 0. The molecule has 0 unspecified atom stereocenters. The minimum Gasteiger partial charge on any atom is -0.255 e. The molecule has 10 aromatic carbocycles. The Balaban J connectivity index is 0.000000159. The van der Waals surface area contributed by atoms with Gasteiger partial charge < -0.3 is 0 Å². The molecule has 14 heteroatoms. The van der Waals surface area contributed by atoms with Crippen molar-refractivity contribution >= 4 is 0 Å². The van der Waals surface area contributed by atoms with Crippen LogP contribution in [0.3, 0.4) is 0 Å². The van der Waals surface area contributed by atoms with Crippen LogP contribution in [0.4, 0.5) is 0 Å². The monoisotopic (exact) mass is 1540 g/mol. The minimum atomic E-state index is 0.597. The number of rotatable bonds is 18. The van der Waals surface area contributed by atoms with Gasteiger partial charge in [-0.2, -0.15) is 0 Å². The highest BCUT2D eigenvalue weighted by atomic mass is 14.9. The standard InChI is InChI=1S/2C53H35N7/c1-5-16-36(17-6-1)45-34-46(37-18-7-2-8-19-37)58-52(57-45)41-25-15-24-40(30-41)43-32-50(44-26-13-14-28-54-44)56-51(33-43)49-31-42(27-29-55-49)53-59-47(38-20-9-3-10-21-38)35-48(60-53)39-22-11-4-12-23-39;1-5-15-37(16-6-1)46-33-47(38-17-7-2-8-18-38)58-52(57-46)41-26-24-36(25-27-41)43-31-50(44-23-13-14-30-54-44)56-51(32-43)45-29-28-42(35-55-45)53-59-48(39-19-9-3-10-20-39)34-49(60-53)40-21-11-4-12-22-40/h2*1-35H. The fourth-order valence-corrected chi connectivity index (χ4v) is 14.3. The van der Waals surface area contributed by atoms with Gasteiger partial charge in [-0.25, -0.2) is 49.8 Å². The topological polar surface area (TPSA) is 180 Å². The maximum atomic E-state index is 5.14. The number of pyridine rings is 6. The first-order valence-corrected chi connectivity index (χ1v) is 39.4. The second-order valence-corrected chi connectivity index (χ2v) is 28.5. The van der Waals surface area contributed by atoms with E-state index >= 15 is 0 Å². The van der Waals surface area contributed by atoms with E-state index in [9.17, 15) is 0 Å². The molecule has 0 amide bonds. The van der Waals surface area contributed by atoms with Crippen molar-refractivity contribution in [1.29, 1.82) is 0 Å². The first-order chi connectivity index (χ1) is 59.4. The maximum absolute atomic E-state index is 5.14. The van der Waals surface area contributed by atoms with Gasteiger partial charge >= 0.3 is 0 Å². The molecule has 120 heavy (non-hydrogen) atoms. The summed E-state index contributed by atoms with van der Waals surface area (Å²) in [5, 5.41) is 0. The van der Waals surface area contributed by atoms with Crippen molar-refractivity contribution < 1.29 is 0 Å². The largest absolute Gasteiger partial charge is 0.255 e. The molecule has 0 saturated carbocycles. The van der Waals surface area contributed by atoms with Crippen LogP contribution in [-0.4, -0.2) is 69.8 Å². The Morgan fingerprint density at radius 2 is 0.367 bits per heavy atom. The normalized spacial score (nSPS) is 11.0. The summed E-state index contributed by atoms with van der Waals surface area (Å²) in [4.78, 5) is 69.7. The molecule has 20 rings (SSSR count). The van der Waals surface area contributed by atoms with E-state index in [0.717, 1.165) is 169 Å². The molecule has 20 aromatic rings. The highest BCUT2D eigenvalue weighted by molar-refractivity contribution is 5.83. The Bertz CT molecular complexity index is 6340. The molecular formula is C106H70N14. The molecule has 0 atom stereocenters. The van der Waals surface area contributed by atoms with Gasteiger partial charge in [0, 0.05) is 91.5 Å². The zero-order valence-electron chi connectivity index (χ0n) is 64.7. The van der Waals surface area contributed by atoms with Crippen LogP contribution in [0.15, 0.2) is 425 Å². The van der Waals surface area contributed by atoms with Crippen LogP contribution >= 0.6 is 0 Å². The lowest BCUT2D eigenvalue weighted by molar-refractivity contribution is 1.17. The summed E-state index contributed by atoms with van der Waals surface area (Å²) in [6, 6.07) is 134. The summed E-state index contributed by atoms with van der Waals surface area (Å²) >= 11 is 0. The second-order valence-electron chi connectivity index (χ2n) is 28.5. The third-order valence-corrected chi connectivity index (χ3v) is 20.5. The Morgan fingerprint density at radius 1 is 0.108 bits per heavy atom. The van der Waals surface area contributed by atoms with Crippen molar-refractivity contribution in [2.24, 2.45) is 0 Å². The number of hydrogen-bond acceptors (Lipinski definition) is 14. The van der Waals surface area contributed by atoms with Crippen molar-refractivity contribution in [2.75, 3.05) is 0 Å². The molecule has 0 aliphatic carbocycles. The smallest absolute Gasteiger partial charge is 0.161 e. The third kappa shape index (κ3) is 16.7. The van der Waals surface area contributed by atoms with E-state index in [1.54, 1.807) is 18.6 Å². The second kappa shape index (κ2) is 34.2. The molecule has 564 valence electrons. The van der Waals surface area contributed by atoms with Crippen molar-refractivity contribution in [3.63, 3.8) is 0 Å². The molecule has 10 heterocycles. The van der Waals surface area contributed by atoms with E-state index in [1.165, 1.54) is 0 Å². The highest BCUT2D eigenvalue weighted by Crippen LogP contribution is 2.38. The van der Waals surface area contributed by atoms with Crippen LogP contribution < -0.4 is 0 Å². The lowest BCUT2D eigenvalue weighted by Gasteiger charge is -2.13. The molecule has 0 radical (unpaired) electrons. The Labute approximate surface area is 694 Å². The van der Waals surface area contributed by atoms with E-state index in [2.05, 4.69) is 186 Å². The van der Waals surface area contributed by atoms with Crippen LogP contribution in [0.2, 0.25) is 0 Å². The molecule has 14 nitrogen and oxygen atoms in total. The van der Waals surface area contributed by atoms with Gasteiger partial charge in [0.2, 0.25) is 0 Å². The lowest BCUT2D eigenvalue weighted by Crippen LogP contribution is -1.98. The molecule has 0 spiro atoms. The van der Waals surface area contributed by atoms with Gasteiger partial charge in [-0.15, -0.1) is 0 Å². The van der Waals surface area contributed by atoms with Crippen molar-refractivity contribution in [1.82, 2.24) is 69.8 Å². The Kier molecular flexibility index (Phi) is 21.0. The van der Waals surface area contributed by atoms with Gasteiger partial charge in [0.25, 0.3) is 0 Å². The van der Waals surface area contributed by atoms with Crippen molar-refractivity contribution in [3.8, 4) is 203 Å². The van der Waals surface area contributed by atoms with Crippen LogP contribution in [0.5, 0.6) is 0 Å². The van der Waals surface area contributed by atoms with E-state index in [4.69, 9.17) is 59.8 Å². The van der Waals surface area contributed by atoms with Crippen LogP contribution in [0.25, 0.3) is 203 Å². The summed E-state index contributed by atoms with van der Waals surface area (Å²) in [6.07, 6.45) is 7.19. The van der Waals surface area contributed by atoms with Crippen LogP contribution in [0.1, 0.15) is 0 Å². The Morgan fingerprint density at radius 3 is 0.700 bits per heavy atom. The molecule has 10 aromatic heterocycles. The average Bonchev–Trinajstić information content (AvgIpc) is 0.789. The fourth-order valence-electron chi connectivity index (χ4n) is 14.3. The number of nitrogens with zero attached hydrogens (tertiary/aromatic N) is 14. The van der Waals surface area contributed by atoms with Gasteiger partial charge in [0.1, 0.15) is 0 Å².